The zero-order chi connectivity index (χ0) is 19.7. The number of nitrogens with zero attached hydrogens (tertiary/aromatic N) is 2. The number of hydrogen-bond acceptors (Lipinski definition) is 6. The van der Waals surface area contributed by atoms with E-state index >= 15 is 0 Å². The van der Waals surface area contributed by atoms with E-state index in [4.69, 9.17) is 0 Å². The van der Waals surface area contributed by atoms with E-state index in [0.29, 0.717) is 20.0 Å². The number of sulfone groups is 1. The van der Waals surface area contributed by atoms with Gasteiger partial charge in [-0.1, -0.05) is 0 Å². The lowest BCUT2D eigenvalue weighted by molar-refractivity contribution is 0.595. The summed E-state index contributed by atoms with van der Waals surface area (Å²) in [6.45, 7) is 0. The second-order valence-corrected chi connectivity index (χ2v) is 14.4. The lowest BCUT2D eigenvalue weighted by Gasteiger charge is -1.99. The first kappa shape index (κ1) is 21.3. The average molecular weight is 806 g/mol. The Bertz CT molecular complexity index is 1260. The molecule has 0 aliphatic rings. The van der Waals surface area contributed by atoms with Crippen LogP contribution in [-0.4, -0.2) is 18.4 Å². The third-order valence-electron chi connectivity index (χ3n) is 3.46. The molecule has 0 fully saturated rings. The summed E-state index contributed by atoms with van der Waals surface area (Å²) in [4.78, 5) is 8.72. The van der Waals surface area contributed by atoms with Crippen LogP contribution in [0, 0.1) is 0 Å². The zero-order valence-corrected chi connectivity index (χ0v) is 24.3. The van der Waals surface area contributed by atoms with E-state index < -0.39 is 9.84 Å². The van der Waals surface area contributed by atoms with E-state index in [9.17, 15) is 8.42 Å². The Labute approximate surface area is 211 Å². The minimum absolute atomic E-state index is 0.0107. The zero-order valence-electron chi connectivity index (χ0n) is 12.4. The molecule has 0 saturated heterocycles. The number of aromatic nitrogens is 2. The van der Waals surface area contributed by atoms with Gasteiger partial charge in [-0.25, -0.2) is 18.4 Å². The van der Waals surface area contributed by atoms with Crippen molar-refractivity contribution in [2.45, 2.75) is 8.68 Å². The summed E-state index contributed by atoms with van der Waals surface area (Å²) in [6, 6.07) is 3.67. The van der Waals surface area contributed by atoms with Crippen LogP contribution in [0.3, 0.4) is 0 Å². The van der Waals surface area contributed by atoms with Gasteiger partial charge in [-0.2, -0.15) is 0 Å². The molecule has 0 atom stereocenters. The Morgan fingerprint density at radius 1 is 0.667 bits per heavy atom. The Morgan fingerprint density at radius 3 is 1.41 bits per heavy atom. The first-order chi connectivity index (χ1) is 12.6. The van der Waals surface area contributed by atoms with E-state index in [-0.39, 0.29) is 8.68 Å². The van der Waals surface area contributed by atoms with Crippen LogP contribution in [0.5, 0.6) is 0 Å². The van der Waals surface area contributed by atoms with Crippen molar-refractivity contribution in [1.29, 1.82) is 0 Å². The Hall–Kier alpha value is 1.05. The molecule has 4 nitrogen and oxygen atoms in total. The van der Waals surface area contributed by atoms with Gasteiger partial charge in [0.2, 0.25) is 8.68 Å². The van der Waals surface area contributed by atoms with Crippen LogP contribution in [0.2, 0.25) is 0 Å². The van der Waals surface area contributed by atoms with Gasteiger partial charge in [0.15, 0.2) is 0 Å². The SMILES string of the molecule is O=S(=O)(c1nc2c(Br)c(Br)c(Br)cc2s1)c1nc2c(Br)c(Br)c(Br)cc2s1. The first-order valence-electron chi connectivity index (χ1n) is 6.74. The fourth-order valence-electron chi connectivity index (χ4n) is 2.21. The molecule has 2 aromatic carbocycles. The summed E-state index contributed by atoms with van der Waals surface area (Å²) in [7, 11) is -3.84. The summed E-state index contributed by atoms with van der Waals surface area (Å²) < 4.78 is 32.4. The van der Waals surface area contributed by atoms with Crippen LogP contribution in [0.25, 0.3) is 20.4 Å². The van der Waals surface area contributed by atoms with Crippen LogP contribution in [0.15, 0.2) is 47.6 Å². The largest absolute Gasteiger partial charge is 0.260 e. The van der Waals surface area contributed by atoms with Crippen LogP contribution in [0.4, 0.5) is 0 Å². The summed E-state index contributed by atoms with van der Waals surface area (Å²) in [5.74, 6) is 0. The summed E-state index contributed by atoms with van der Waals surface area (Å²) >= 11 is 22.9. The van der Waals surface area contributed by atoms with Crippen molar-refractivity contribution in [1.82, 2.24) is 9.97 Å². The van der Waals surface area contributed by atoms with Crippen molar-refractivity contribution in [2.75, 3.05) is 0 Å². The van der Waals surface area contributed by atoms with Crippen molar-refractivity contribution < 1.29 is 8.42 Å². The van der Waals surface area contributed by atoms with Gasteiger partial charge in [-0.05, 0) is 108 Å². The molecule has 0 radical (unpaired) electrons. The highest BCUT2D eigenvalue weighted by Gasteiger charge is 2.28. The molecule has 13 heteroatoms. The Kier molecular flexibility index (Phi) is 6.02. The molecule has 27 heavy (non-hydrogen) atoms. The fourth-order valence-corrected chi connectivity index (χ4v) is 9.91. The molecule has 0 spiro atoms. The molecule has 0 unspecified atom stereocenters. The number of thiazole rings is 2. The van der Waals surface area contributed by atoms with Gasteiger partial charge in [0.25, 0.3) is 9.84 Å². The highest BCUT2D eigenvalue weighted by molar-refractivity contribution is 9.15. The van der Waals surface area contributed by atoms with E-state index in [2.05, 4.69) is 106 Å². The summed E-state index contributed by atoms with van der Waals surface area (Å²) in [5, 5.41) is 0. The highest BCUT2D eigenvalue weighted by atomic mass is 79.9. The van der Waals surface area contributed by atoms with E-state index in [1.165, 1.54) is 0 Å². The second kappa shape index (κ2) is 7.63. The molecule has 0 amide bonds. The molecule has 0 aliphatic heterocycles. The summed E-state index contributed by atoms with van der Waals surface area (Å²) in [6.07, 6.45) is 0. The van der Waals surface area contributed by atoms with Crippen molar-refractivity contribution >= 4 is 149 Å². The second-order valence-electron chi connectivity index (χ2n) is 5.13. The predicted octanol–water partition coefficient (Wildman–Crippen LogP) is 8.31. The maximum absolute atomic E-state index is 13.2. The summed E-state index contributed by atoms with van der Waals surface area (Å²) in [5.41, 5.74) is 1.17. The van der Waals surface area contributed by atoms with Crippen LogP contribution >= 0.6 is 118 Å². The molecule has 0 bridgehead atoms. The normalized spacial score (nSPS) is 12.4. The number of hydrogen-bond donors (Lipinski definition) is 0. The minimum atomic E-state index is -3.84. The Morgan fingerprint density at radius 2 is 1.04 bits per heavy atom. The molecule has 0 aliphatic carbocycles. The van der Waals surface area contributed by atoms with Crippen molar-refractivity contribution in [3.8, 4) is 0 Å². The predicted molar refractivity (Wildman–Crippen MR) is 131 cm³/mol. The molecule has 2 aromatic heterocycles. The maximum atomic E-state index is 13.2. The van der Waals surface area contributed by atoms with Gasteiger partial charge in [0, 0.05) is 17.9 Å². The lowest BCUT2D eigenvalue weighted by Crippen LogP contribution is -2.00. The molecule has 4 rings (SSSR count). The first-order valence-corrected chi connectivity index (χ1v) is 14.6. The number of fused-ring (bicyclic) bond motifs is 2. The van der Waals surface area contributed by atoms with Crippen LogP contribution < -0.4 is 0 Å². The van der Waals surface area contributed by atoms with Gasteiger partial charge < -0.3 is 0 Å². The van der Waals surface area contributed by atoms with Crippen molar-refractivity contribution in [3.63, 3.8) is 0 Å². The number of benzene rings is 2. The number of halogens is 6. The van der Waals surface area contributed by atoms with Gasteiger partial charge >= 0.3 is 0 Å². The molecular formula is C14H2Br6N2O2S3. The topological polar surface area (TPSA) is 59.9 Å². The molecule has 0 saturated carbocycles. The number of rotatable bonds is 2. The van der Waals surface area contributed by atoms with E-state index in [1.54, 1.807) is 0 Å². The smallest absolute Gasteiger partial charge is 0.223 e. The average Bonchev–Trinajstić information content (AvgIpc) is 3.23. The molecule has 2 heterocycles. The third-order valence-corrected chi connectivity index (χ3v) is 14.5. The van der Waals surface area contributed by atoms with Gasteiger partial charge in [0.1, 0.15) is 0 Å². The van der Waals surface area contributed by atoms with Crippen molar-refractivity contribution in [2.24, 2.45) is 0 Å². The fraction of sp³-hybridized carbons (Fsp3) is 0. The standard InChI is InChI=1S/C14H2Br6N2O2S3/c15-3-1-5-11(9(19)7(3)17)21-13(25-5)27(23,24)14-22-12-6(26-14)2-4(16)8(18)10(12)20/h1-2H. The minimum Gasteiger partial charge on any atom is -0.223 e. The molecule has 140 valence electrons. The molecule has 0 N–H and O–H groups in total. The monoisotopic (exact) mass is 799 g/mol. The van der Waals surface area contributed by atoms with Gasteiger partial charge in [-0.15, -0.1) is 22.7 Å². The van der Waals surface area contributed by atoms with Crippen LogP contribution in [0.1, 0.15) is 0 Å². The maximum Gasteiger partial charge on any atom is 0.260 e. The Balaban J connectivity index is 1.94. The van der Waals surface area contributed by atoms with Crippen LogP contribution in [-0.2, 0) is 9.84 Å². The third kappa shape index (κ3) is 3.56. The quantitative estimate of drug-likeness (QED) is 0.192. The molecule has 4 aromatic rings. The van der Waals surface area contributed by atoms with Crippen molar-refractivity contribution in [3.05, 3.63) is 39.0 Å². The van der Waals surface area contributed by atoms with Gasteiger partial charge in [-0.3, -0.25) is 0 Å². The van der Waals surface area contributed by atoms with Gasteiger partial charge in [0.05, 0.1) is 29.4 Å². The van der Waals surface area contributed by atoms with E-state index in [0.717, 1.165) is 50.0 Å². The van der Waals surface area contributed by atoms with E-state index in [1.807, 2.05) is 12.1 Å². The highest BCUT2D eigenvalue weighted by Crippen LogP contribution is 2.43. The molecular weight excluding hydrogens is 804 g/mol. The lowest BCUT2D eigenvalue weighted by atomic mass is 10.3.